The minimum Gasteiger partial charge on any atom is -0.504 e. The van der Waals surface area contributed by atoms with Crippen molar-refractivity contribution < 1.29 is 19.4 Å². The molecule has 7 nitrogen and oxygen atoms in total. The number of nitrogens with zero attached hydrogens (tertiary/aromatic N) is 2. The van der Waals surface area contributed by atoms with E-state index < -0.39 is 5.91 Å². The first-order valence-electron chi connectivity index (χ1n) is 7.43. The second-order valence-electron chi connectivity index (χ2n) is 5.37. The highest BCUT2D eigenvalue weighted by molar-refractivity contribution is 9.10. The van der Waals surface area contributed by atoms with Crippen LogP contribution in [0.2, 0.25) is 0 Å². The van der Waals surface area contributed by atoms with Gasteiger partial charge in [0.2, 0.25) is 6.79 Å². The first-order chi connectivity index (χ1) is 12.1. The molecular formula is C17H12BrN3O4. The van der Waals surface area contributed by atoms with Crippen molar-refractivity contribution in [2.24, 2.45) is 0 Å². The Bertz CT molecular complexity index is 993. The lowest BCUT2D eigenvalue weighted by atomic mass is 10.2. The smallest absolute Gasteiger partial charge is 0.274 e. The number of amides is 1. The summed E-state index contributed by atoms with van der Waals surface area (Å²) in [5.74, 6) is 0.578. The van der Waals surface area contributed by atoms with Crippen LogP contribution in [0.4, 0.5) is 0 Å². The third-order valence-corrected chi connectivity index (χ3v) is 4.40. The number of nitrogens with one attached hydrogen (secondary N) is 1. The fraction of sp³-hybridized carbons (Fsp3) is 0.118. The Morgan fingerprint density at radius 3 is 3.00 bits per heavy atom. The van der Waals surface area contributed by atoms with Crippen LogP contribution in [-0.2, 0) is 6.54 Å². The monoisotopic (exact) mass is 401 g/mol. The number of carbonyl (C=O) groups is 1. The summed E-state index contributed by atoms with van der Waals surface area (Å²) < 4.78 is 11.0. The fourth-order valence-corrected chi connectivity index (χ4v) is 3.06. The average molecular weight is 402 g/mol. The quantitative estimate of drug-likeness (QED) is 0.655. The van der Waals surface area contributed by atoms with Gasteiger partial charge < -0.3 is 19.9 Å². The summed E-state index contributed by atoms with van der Waals surface area (Å²) in [4.78, 5) is 20.7. The van der Waals surface area contributed by atoms with Crippen LogP contribution in [-0.4, -0.2) is 27.8 Å². The van der Waals surface area contributed by atoms with Gasteiger partial charge in [0.25, 0.3) is 5.91 Å². The summed E-state index contributed by atoms with van der Waals surface area (Å²) in [6, 6.07) is 8.91. The van der Waals surface area contributed by atoms with Gasteiger partial charge in [0.05, 0.1) is 0 Å². The third-order valence-electron chi connectivity index (χ3n) is 3.79. The summed E-state index contributed by atoms with van der Waals surface area (Å²) in [5, 5.41) is 13.7. The third kappa shape index (κ3) is 2.85. The molecule has 8 heteroatoms. The lowest BCUT2D eigenvalue weighted by molar-refractivity contribution is 0.0943. The normalized spacial score (nSPS) is 12.4. The van der Waals surface area contributed by atoms with Crippen LogP contribution in [0.3, 0.4) is 0 Å². The van der Waals surface area contributed by atoms with E-state index in [0.717, 1.165) is 5.56 Å². The highest BCUT2D eigenvalue weighted by Gasteiger charge is 2.19. The van der Waals surface area contributed by atoms with Crippen molar-refractivity contribution in [3.8, 4) is 17.2 Å². The molecule has 1 aromatic carbocycles. The Labute approximate surface area is 150 Å². The van der Waals surface area contributed by atoms with Crippen molar-refractivity contribution in [1.29, 1.82) is 0 Å². The molecule has 4 rings (SSSR count). The van der Waals surface area contributed by atoms with Gasteiger partial charge in [0, 0.05) is 18.1 Å². The number of ether oxygens (including phenoxy) is 2. The number of carbonyl (C=O) groups excluding carboxylic acids is 1. The van der Waals surface area contributed by atoms with Crippen LogP contribution in [0.15, 0.2) is 41.1 Å². The Balaban J connectivity index is 1.57. The predicted molar refractivity (Wildman–Crippen MR) is 92.6 cm³/mol. The predicted octanol–water partition coefficient (Wildman–Crippen LogP) is 2.76. The highest BCUT2D eigenvalue weighted by Crippen LogP contribution is 2.33. The minimum absolute atomic E-state index is 0.0844. The first-order valence-corrected chi connectivity index (χ1v) is 8.22. The first kappa shape index (κ1) is 15.6. The van der Waals surface area contributed by atoms with E-state index in [4.69, 9.17) is 9.47 Å². The standard InChI is InChI=1S/C17H12BrN3O4/c18-16-10-2-1-5-19-13(10)15(22)14(21-16)17(23)20-7-9-3-4-11-12(6-9)25-8-24-11/h1-6,22H,7-8H2,(H,20,23). The zero-order valence-electron chi connectivity index (χ0n) is 12.8. The molecule has 1 amide bonds. The molecule has 3 heterocycles. The number of rotatable bonds is 3. The van der Waals surface area contributed by atoms with Gasteiger partial charge in [-0.15, -0.1) is 0 Å². The Hall–Kier alpha value is -2.87. The van der Waals surface area contributed by atoms with E-state index in [1.54, 1.807) is 30.5 Å². The lowest BCUT2D eigenvalue weighted by Crippen LogP contribution is -2.24. The molecule has 0 saturated carbocycles. The van der Waals surface area contributed by atoms with Gasteiger partial charge in [-0.05, 0) is 45.8 Å². The van der Waals surface area contributed by atoms with E-state index in [1.807, 2.05) is 6.07 Å². The molecule has 1 aliphatic rings. The molecule has 0 fully saturated rings. The van der Waals surface area contributed by atoms with E-state index in [0.29, 0.717) is 27.0 Å². The molecule has 3 aromatic rings. The zero-order valence-corrected chi connectivity index (χ0v) is 14.4. The van der Waals surface area contributed by atoms with Crippen LogP contribution >= 0.6 is 15.9 Å². The average Bonchev–Trinajstić information content (AvgIpc) is 3.10. The number of hydrogen-bond acceptors (Lipinski definition) is 6. The van der Waals surface area contributed by atoms with Gasteiger partial charge in [0.15, 0.2) is 22.9 Å². The number of benzene rings is 1. The van der Waals surface area contributed by atoms with Gasteiger partial charge in [-0.2, -0.15) is 0 Å². The molecule has 0 atom stereocenters. The van der Waals surface area contributed by atoms with Gasteiger partial charge in [-0.25, -0.2) is 4.98 Å². The summed E-state index contributed by atoms with van der Waals surface area (Å²) in [6.45, 7) is 0.454. The fourth-order valence-electron chi connectivity index (χ4n) is 2.56. The van der Waals surface area contributed by atoms with Crippen molar-refractivity contribution in [2.75, 3.05) is 6.79 Å². The van der Waals surface area contributed by atoms with Crippen LogP contribution < -0.4 is 14.8 Å². The van der Waals surface area contributed by atoms with Crippen molar-refractivity contribution in [3.63, 3.8) is 0 Å². The van der Waals surface area contributed by atoms with Gasteiger partial charge in [0.1, 0.15) is 10.1 Å². The SMILES string of the molecule is O=C(NCc1ccc2c(c1)OCO2)c1nc(Br)c2cccnc2c1O. The lowest BCUT2D eigenvalue weighted by Gasteiger charge is -2.09. The maximum Gasteiger partial charge on any atom is 0.274 e. The van der Waals surface area contributed by atoms with E-state index >= 15 is 0 Å². The summed E-state index contributed by atoms with van der Waals surface area (Å²) in [7, 11) is 0. The van der Waals surface area contributed by atoms with E-state index in [2.05, 4.69) is 31.2 Å². The number of halogens is 1. The molecule has 25 heavy (non-hydrogen) atoms. The van der Waals surface area contributed by atoms with E-state index in [1.165, 1.54) is 0 Å². The maximum absolute atomic E-state index is 12.4. The molecule has 126 valence electrons. The second kappa shape index (κ2) is 6.21. The Kier molecular flexibility index (Phi) is 3.89. The van der Waals surface area contributed by atoms with Crippen LogP contribution in [0.25, 0.3) is 10.9 Å². The molecule has 2 N–H and O–H groups in total. The van der Waals surface area contributed by atoms with Crippen LogP contribution in [0.5, 0.6) is 17.2 Å². The largest absolute Gasteiger partial charge is 0.504 e. The van der Waals surface area contributed by atoms with Gasteiger partial charge in [-0.3, -0.25) is 9.78 Å². The topological polar surface area (TPSA) is 93.6 Å². The summed E-state index contributed by atoms with van der Waals surface area (Å²) >= 11 is 3.31. The Morgan fingerprint density at radius 1 is 1.28 bits per heavy atom. The zero-order chi connectivity index (χ0) is 17.4. The van der Waals surface area contributed by atoms with Crippen molar-refractivity contribution in [1.82, 2.24) is 15.3 Å². The van der Waals surface area contributed by atoms with Gasteiger partial charge >= 0.3 is 0 Å². The molecule has 0 aliphatic carbocycles. The minimum atomic E-state index is -0.497. The number of aromatic hydroxyl groups is 1. The van der Waals surface area contributed by atoms with Crippen LogP contribution in [0, 0.1) is 0 Å². The number of fused-ring (bicyclic) bond motifs is 2. The molecule has 0 unspecified atom stereocenters. The maximum atomic E-state index is 12.4. The molecule has 0 saturated heterocycles. The molecule has 2 aromatic heterocycles. The Morgan fingerprint density at radius 2 is 2.12 bits per heavy atom. The van der Waals surface area contributed by atoms with Gasteiger partial charge in [-0.1, -0.05) is 6.07 Å². The molecule has 0 bridgehead atoms. The highest BCUT2D eigenvalue weighted by atomic mass is 79.9. The summed E-state index contributed by atoms with van der Waals surface area (Å²) in [5.41, 5.74) is 1.08. The molecule has 0 radical (unpaired) electrons. The number of aromatic nitrogens is 2. The van der Waals surface area contributed by atoms with Crippen molar-refractivity contribution >= 4 is 32.7 Å². The molecule has 0 spiro atoms. The second-order valence-corrected chi connectivity index (χ2v) is 6.12. The molecule has 1 aliphatic heterocycles. The van der Waals surface area contributed by atoms with E-state index in [-0.39, 0.29) is 24.8 Å². The van der Waals surface area contributed by atoms with Crippen LogP contribution in [0.1, 0.15) is 16.1 Å². The van der Waals surface area contributed by atoms with Crippen molar-refractivity contribution in [2.45, 2.75) is 6.54 Å². The van der Waals surface area contributed by atoms with Crippen molar-refractivity contribution in [3.05, 3.63) is 52.4 Å². The molecular weight excluding hydrogens is 390 g/mol. The number of pyridine rings is 2. The summed E-state index contributed by atoms with van der Waals surface area (Å²) in [6.07, 6.45) is 1.54. The van der Waals surface area contributed by atoms with E-state index in [9.17, 15) is 9.90 Å². The number of hydrogen-bond donors (Lipinski definition) is 2.